The SMILES string of the molecule is Clc1ccc(Cc2cnc(Nc3ccccn3)s2)cc1. The molecule has 0 saturated carbocycles. The minimum Gasteiger partial charge on any atom is -0.316 e. The average Bonchev–Trinajstić information content (AvgIpc) is 2.90. The van der Waals surface area contributed by atoms with Crippen molar-refractivity contribution in [2.75, 3.05) is 5.32 Å². The van der Waals surface area contributed by atoms with Crippen LogP contribution in [0.15, 0.2) is 54.9 Å². The van der Waals surface area contributed by atoms with E-state index in [1.54, 1.807) is 17.5 Å². The molecule has 2 aromatic heterocycles. The fraction of sp³-hybridized carbons (Fsp3) is 0.0667. The molecule has 1 N–H and O–H groups in total. The lowest BCUT2D eigenvalue weighted by molar-refractivity contribution is 1.21. The molecule has 3 aromatic rings. The molecule has 1 aromatic carbocycles. The Morgan fingerprint density at radius 1 is 1.05 bits per heavy atom. The molecule has 0 aliphatic rings. The predicted octanol–water partition coefficient (Wildman–Crippen LogP) is 4.53. The van der Waals surface area contributed by atoms with Crippen molar-refractivity contribution in [2.24, 2.45) is 0 Å². The Morgan fingerprint density at radius 3 is 2.65 bits per heavy atom. The van der Waals surface area contributed by atoms with Crippen LogP contribution in [0.4, 0.5) is 10.9 Å². The molecule has 100 valence electrons. The van der Waals surface area contributed by atoms with Crippen molar-refractivity contribution >= 4 is 33.9 Å². The fourth-order valence-electron chi connectivity index (χ4n) is 1.80. The van der Waals surface area contributed by atoms with Crippen LogP contribution < -0.4 is 5.32 Å². The third-order valence-corrected chi connectivity index (χ3v) is 3.91. The first-order valence-corrected chi connectivity index (χ1v) is 7.36. The Balaban J connectivity index is 1.69. The van der Waals surface area contributed by atoms with Crippen LogP contribution in [-0.4, -0.2) is 9.97 Å². The van der Waals surface area contributed by atoms with Crippen LogP contribution in [0.5, 0.6) is 0 Å². The monoisotopic (exact) mass is 301 g/mol. The zero-order valence-electron chi connectivity index (χ0n) is 10.6. The quantitative estimate of drug-likeness (QED) is 0.769. The zero-order chi connectivity index (χ0) is 13.8. The van der Waals surface area contributed by atoms with Crippen molar-refractivity contribution in [1.82, 2.24) is 9.97 Å². The van der Waals surface area contributed by atoms with E-state index in [4.69, 9.17) is 11.6 Å². The van der Waals surface area contributed by atoms with E-state index in [0.717, 1.165) is 22.4 Å². The Labute approximate surface area is 126 Å². The molecule has 0 unspecified atom stereocenters. The summed E-state index contributed by atoms with van der Waals surface area (Å²) in [5.74, 6) is 0.805. The highest BCUT2D eigenvalue weighted by atomic mass is 35.5. The second kappa shape index (κ2) is 6.03. The number of hydrogen-bond acceptors (Lipinski definition) is 4. The maximum atomic E-state index is 5.88. The molecule has 0 fully saturated rings. The summed E-state index contributed by atoms with van der Waals surface area (Å²) in [7, 11) is 0. The molecule has 0 bridgehead atoms. The van der Waals surface area contributed by atoms with Gasteiger partial charge < -0.3 is 5.32 Å². The molecular formula is C15H12ClN3S. The Hall–Kier alpha value is -1.91. The van der Waals surface area contributed by atoms with Gasteiger partial charge in [0.15, 0.2) is 5.13 Å². The van der Waals surface area contributed by atoms with Gasteiger partial charge in [0.25, 0.3) is 0 Å². The number of nitrogens with one attached hydrogen (secondary N) is 1. The molecule has 3 rings (SSSR count). The number of nitrogens with zero attached hydrogens (tertiary/aromatic N) is 2. The molecule has 3 nitrogen and oxygen atoms in total. The lowest BCUT2D eigenvalue weighted by Crippen LogP contribution is -1.90. The molecule has 2 heterocycles. The minimum absolute atomic E-state index is 0.760. The number of thiazole rings is 1. The molecule has 5 heteroatoms. The average molecular weight is 302 g/mol. The van der Waals surface area contributed by atoms with Gasteiger partial charge in [0, 0.05) is 28.7 Å². The van der Waals surface area contributed by atoms with Crippen LogP contribution in [0.1, 0.15) is 10.4 Å². The lowest BCUT2D eigenvalue weighted by Gasteiger charge is -2.00. The van der Waals surface area contributed by atoms with Gasteiger partial charge in [-0.05, 0) is 29.8 Å². The summed E-state index contributed by atoms with van der Waals surface area (Å²) < 4.78 is 0. The van der Waals surface area contributed by atoms with Gasteiger partial charge >= 0.3 is 0 Å². The van der Waals surface area contributed by atoms with Crippen LogP contribution in [0.2, 0.25) is 5.02 Å². The van der Waals surface area contributed by atoms with Crippen LogP contribution in [0.3, 0.4) is 0 Å². The van der Waals surface area contributed by atoms with E-state index < -0.39 is 0 Å². The maximum Gasteiger partial charge on any atom is 0.188 e. The topological polar surface area (TPSA) is 37.8 Å². The summed E-state index contributed by atoms with van der Waals surface area (Å²) in [6, 6.07) is 13.6. The summed E-state index contributed by atoms with van der Waals surface area (Å²) in [5, 5.41) is 4.81. The van der Waals surface area contributed by atoms with Gasteiger partial charge in [-0.1, -0.05) is 29.8 Å². The first-order valence-electron chi connectivity index (χ1n) is 6.17. The summed E-state index contributed by atoms with van der Waals surface area (Å²) in [4.78, 5) is 9.78. The highest BCUT2D eigenvalue weighted by Crippen LogP contribution is 2.24. The normalized spacial score (nSPS) is 10.4. The van der Waals surface area contributed by atoms with Gasteiger partial charge in [-0.25, -0.2) is 9.97 Å². The van der Waals surface area contributed by atoms with Crippen LogP contribution in [0.25, 0.3) is 0 Å². The van der Waals surface area contributed by atoms with Crippen molar-refractivity contribution in [2.45, 2.75) is 6.42 Å². The lowest BCUT2D eigenvalue weighted by atomic mass is 10.1. The zero-order valence-corrected chi connectivity index (χ0v) is 12.2. The largest absolute Gasteiger partial charge is 0.316 e. The van der Waals surface area contributed by atoms with Crippen LogP contribution in [-0.2, 0) is 6.42 Å². The predicted molar refractivity (Wildman–Crippen MR) is 83.9 cm³/mol. The van der Waals surface area contributed by atoms with E-state index >= 15 is 0 Å². The molecule has 0 aliphatic carbocycles. The smallest absolute Gasteiger partial charge is 0.188 e. The Morgan fingerprint density at radius 2 is 1.90 bits per heavy atom. The number of pyridine rings is 1. The molecule has 0 saturated heterocycles. The third-order valence-electron chi connectivity index (χ3n) is 2.75. The van der Waals surface area contributed by atoms with Gasteiger partial charge in [-0.15, -0.1) is 11.3 Å². The van der Waals surface area contributed by atoms with Gasteiger partial charge in [0.05, 0.1) is 0 Å². The Kier molecular flexibility index (Phi) is 3.95. The van der Waals surface area contributed by atoms with Gasteiger partial charge in [-0.2, -0.15) is 0 Å². The van der Waals surface area contributed by atoms with Crippen LogP contribution >= 0.6 is 22.9 Å². The second-order valence-corrected chi connectivity index (χ2v) is 5.83. The first-order chi connectivity index (χ1) is 9.79. The molecule has 0 amide bonds. The second-order valence-electron chi connectivity index (χ2n) is 4.27. The van der Waals surface area contributed by atoms with Crippen molar-refractivity contribution in [3.63, 3.8) is 0 Å². The van der Waals surface area contributed by atoms with E-state index in [2.05, 4.69) is 15.3 Å². The van der Waals surface area contributed by atoms with Crippen LogP contribution in [0, 0.1) is 0 Å². The summed E-state index contributed by atoms with van der Waals surface area (Å²) >= 11 is 7.51. The molecule has 20 heavy (non-hydrogen) atoms. The van der Waals surface area contributed by atoms with Gasteiger partial charge in [-0.3, -0.25) is 0 Å². The van der Waals surface area contributed by atoms with Gasteiger partial charge in [0.1, 0.15) is 5.82 Å². The highest BCUT2D eigenvalue weighted by molar-refractivity contribution is 7.15. The van der Waals surface area contributed by atoms with E-state index in [1.165, 1.54) is 10.4 Å². The first kappa shape index (κ1) is 13.1. The number of benzene rings is 1. The van der Waals surface area contributed by atoms with E-state index in [-0.39, 0.29) is 0 Å². The molecule has 0 atom stereocenters. The van der Waals surface area contributed by atoms with Gasteiger partial charge in [0.2, 0.25) is 0 Å². The van der Waals surface area contributed by atoms with E-state index in [1.807, 2.05) is 48.7 Å². The number of halogens is 1. The van der Waals surface area contributed by atoms with Crippen molar-refractivity contribution in [1.29, 1.82) is 0 Å². The number of hydrogen-bond donors (Lipinski definition) is 1. The van der Waals surface area contributed by atoms with E-state index in [0.29, 0.717) is 0 Å². The third kappa shape index (κ3) is 3.35. The maximum absolute atomic E-state index is 5.88. The Bertz CT molecular complexity index is 680. The van der Waals surface area contributed by atoms with Crippen molar-refractivity contribution < 1.29 is 0 Å². The number of rotatable bonds is 4. The molecule has 0 aliphatic heterocycles. The highest BCUT2D eigenvalue weighted by Gasteiger charge is 2.04. The van der Waals surface area contributed by atoms with Crippen molar-refractivity contribution in [3.8, 4) is 0 Å². The van der Waals surface area contributed by atoms with E-state index in [9.17, 15) is 0 Å². The standard InChI is InChI=1S/C15H12ClN3S/c16-12-6-4-11(5-7-12)9-13-10-18-15(20-13)19-14-3-1-2-8-17-14/h1-8,10H,9H2,(H,17,18,19). The summed E-state index contributed by atoms with van der Waals surface area (Å²) in [5.41, 5.74) is 1.22. The summed E-state index contributed by atoms with van der Waals surface area (Å²) in [6.45, 7) is 0. The molecule has 0 spiro atoms. The summed E-state index contributed by atoms with van der Waals surface area (Å²) in [6.07, 6.45) is 4.51. The molecule has 0 radical (unpaired) electrons. The fourth-order valence-corrected chi connectivity index (χ4v) is 2.78. The molecular weight excluding hydrogens is 290 g/mol. The van der Waals surface area contributed by atoms with Crippen molar-refractivity contribution in [3.05, 3.63) is 70.3 Å². The number of anilines is 2. The minimum atomic E-state index is 0.760. The number of aromatic nitrogens is 2.